The molecule has 2 aromatic carbocycles. The van der Waals surface area contributed by atoms with Crippen LogP contribution in [0.4, 0.5) is 10.1 Å². The number of halogens is 1. The molecule has 8 nitrogen and oxygen atoms in total. The molecule has 3 aromatic rings. The first kappa shape index (κ1) is 22.3. The molecule has 1 fully saturated rings. The molecule has 0 N–H and O–H groups in total. The maximum absolute atomic E-state index is 13.2. The first-order chi connectivity index (χ1) is 15.4. The van der Waals surface area contributed by atoms with E-state index in [4.69, 9.17) is 0 Å². The number of nitrogens with zero attached hydrogens (tertiary/aromatic N) is 6. The molecule has 1 saturated heterocycles. The Morgan fingerprint density at radius 2 is 1.66 bits per heavy atom. The number of anilines is 1. The third-order valence-corrected chi connectivity index (χ3v) is 7.44. The second-order valence-corrected chi connectivity index (χ2v) is 9.98. The summed E-state index contributed by atoms with van der Waals surface area (Å²) >= 11 is 0. The lowest BCUT2D eigenvalue weighted by atomic mass is 10.1. The number of tetrazole rings is 1. The molecular formula is C22H27FN6O2S. The van der Waals surface area contributed by atoms with Gasteiger partial charge >= 0.3 is 0 Å². The van der Waals surface area contributed by atoms with E-state index in [9.17, 15) is 12.8 Å². The van der Waals surface area contributed by atoms with Crippen molar-refractivity contribution in [3.8, 4) is 0 Å². The molecule has 0 amide bonds. The fourth-order valence-electron chi connectivity index (χ4n) is 4.07. The van der Waals surface area contributed by atoms with Gasteiger partial charge in [-0.3, -0.25) is 4.90 Å². The van der Waals surface area contributed by atoms with Crippen LogP contribution in [0.2, 0.25) is 0 Å². The van der Waals surface area contributed by atoms with Gasteiger partial charge in [0.15, 0.2) is 21.5 Å². The summed E-state index contributed by atoms with van der Waals surface area (Å²) in [5, 5.41) is 11.9. The number of benzene rings is 2. The molecule has 0 spiro atoms. The van der Waals surface area contributed by atoms with E-state index in [0.29, 0.717) is 5.82 Å². The number of piperazine rings is 1. The van der Waals surface area contributed by atoms with Crippen LogP contribution in [0.1, 0.15) is 30.8 Å². The van der Waals surface area contributed by atoms with Gasteiger partial charge in [0.05, 0.1) is 10.9 Å². The largest absolute Gasteiger partial charge is 0.369 e. The third-order valence-electron chi connectivity index (χ3n) is 5.86. The lowest BCUT2D eigenvalue weighted by Crippen LogP contribution is -2.48. The Morgan fingerprint density at radius 1 is 1.00 bits per heavy atom. The van der Waals surface area contributed by atoms with Gasteiger partial charge in [0.1, 0.15) is 5.82 Å². The highest BCUT2D eigenvalue weighted by Gasteiger charge is 2.29. The van der Waals surface area contributed by atoms with Crippen LogP contribution in [0.25, 0.3) is 0 Å². The zero-order valence-corrected chi connectivity index (χ0v) is 19.0. The molecular weight excluding hydrogens is 431 g/mol. The molecule has 10 heteroatoms. The monoisotopic (exact) mass is 458 g/mol. The molecule has 1 atom stereocenters. The highest BCUT2D eigenvalue weighted by molar-refractivity contribution is 7.90. The molecule has 170 valence electrons. The van der Waals surface area contributed by atoms with E-state index in [0.717, 1.165) is 43.9 Å². The van der Waals surface area contributed by atoms with Crippen molar-refractivity contribution in [2.75, 3.05) is 31.1 Å². The molecule has 0 unspecified atom stereocenters. The molecule has 0 saturated carbocycles. The summed E-state index contributed by atoms with van der Waals surface area (Å²) in [5.41, 5.74) is 1.99. The summed E-state index contributed by atoms with van der Waals surface area (Å²) in [7, 11) is -3.58. The van der Waals surface area contributed by atoms with E-state index < -0.39 is 9.84 Å². The maximum Gasteiger partial charge on any atom is 0.198 e. The lowest BCUT2D eigenvalue weighted by molar-refractivity contribution is 0.170. The molecule has 0 aliphatic carbocycles. The van der Waals surface area contributed by atoms with Crippen molar-refractivity contribution in [2.24, 2.45) is 0 Å². The van der Waals surface area contributed by atoms with E-state index in [2.05, 4.69) is 25.3 Å². The fraction of sp³-hybridized carbons (Fsp3) is 0.409. The Hall–Kier alpha value is -2.85. The lowest BCUT2D eigenvalue weighted by Gasteiger charge is -2.39. The van der Waals surface area contributed by atoms with Crippen LogP contribution < -0.4 is 4.90 Å². The molecule has 4 rings (SSSR count). The van der Waals surface area contributed by atoms with Crippen molar-refractivity contribution >= 4 is 15.5 Å². The Bertz CT molecular complexity index is 1140. The number of aryl methyl sites for hydroxylation is 1. The molecule has 1 aliphatic rings. The van der Waals surface area contributed by atoms with E-state index in [1.54, 1.807) is 36.4 Å². The second-order valence-electron chi connectivity index (χ2n) is 8.02. The van der Waals surface area contributed by atoms with Crippen LogP contribution >= 0.6 is 0 Å². The number of sulfone groups is 1. The van der Waals surface area contributed by atoms with Crippen LogP contribution in [0.5, 0.6) is 0 Å². The average molecular weight is 459 g/mol. The van der Waals surface area contributed by atoms with Crippen LogP contribution in [-0.4, -0.2) is 59.7 Å². The van der Waals surface area contributed by atoms with Crippen molar-refractivity contribution in [1.29, 1.82) is 0 Å². The highest BCUT2D eigenvalue weighted by atomic mass is 32.2. The molecule has 32 heavy (non-hydrogen) atoms. The maximum atomic E-state index is 13.2. The predicted molar refractivity (Wildman–Crippen MR) is 119 cm³/mol. The summed E-state index contributed by atoms with van der Waals surface area (Å²) in [4.78, 5) is 4.75. The number of hydrogen-bond acceptors (Lipinski definition) is 7. The third kappa shape index (κ3) is 4.81. The summed E-state index contributed by atoms with van der Waals surface area (Å²) < 4.78 is 40.4. The van der Waals surface area contributed by atoms with E-state index >= 15 is 0 Å². The molecule has 1 aromatic heterocycles. The van der Waals surface area contributed by atoms with Crippen LogP contribution in [0.3, 0.4) is 0 Å². The Morgan fingerprint density at radius 3 is 2.28 bits per heavy atom. The van der Waals surface area contributed by atoms with Gasteiger partial charge < -0.3 is 4.90 Å². The van der Waals surface area contributed by atoms with Gasteiger partial charge in [0, 0.05) is 31.9 Å². The van der Waals surface area contributed by atoms with Gasteiger partial charge in [-0.15, -0.1) is 5.10 Å². The van der Waals surface area contributed by atoms with Crippen molar-refractivity contribution in [2.45, 2.75) is 37.1 Å². The number of rotatable bonds is 7. The highest BCUT2D eigenvalue weighted by Crippen LogP contribution is 2.26. The van der Waals surface area contributed by atoms with Crippen molar-refractivity contribution in [3.05, 3.63) is 65.7 Å². The summed E-state index contributed by atoms with van der Waals surface area (Å²) in [5.74, 6) is 0.00836. The smallest absolute Gasteiger partial charge is 0.198 e. The van der Waals surface area contributed by atoms with Crippen LogP contribution in [0.15, 0.2) is 53.4 Å². The van der Waals surface area contributed by atoms with Gasteiger partial charge in [-0.2, -0.15) is 0 Å². The molecule has 2 heterocycles. The molecule has 1 aliphatic heterocycles. The van der Waals surface area contributed by atoms with E-state index in [1.807, 2.05) is 13.8 Å². The molecule has 0 radical (unpaired) electrons. The topological polar surface area (TPSA) is 84.2 Å². The summed E-state index contributed by atoms with van der Waals surface area (Å²) in [6, 6.07) is 13.2. The minimum atomic E-state index is -3.58. The minimum Gasteiger partial charge on any atom is -0.369 e. The first-order valence-corrected chi connectivity index (χ1v) is 12.3. The van der Waals surface area contributed by atoms with Gasteiger partial charge in [-0.25, -0.2) is 17.5 Å². The zero-order chi connectivity index (χ0) is 22.7. The summed E-state index contributed by atoms with van der Waals surface area (Å²) in [6.07, 6.45) is 0.751. The first-order valence-electron chi connectivity index (χ1n) is 10.7. The predicted octanol–water partition coefficient (Wildman–Crippen LogP) is 2.83. The summed E-state index contributed by atoms with van der Waals surface area (Å²) in [6.45, 7) is 7.07. The second kappa shape index (κ2) is 9.33. The van der Waals surface area contributed by atoms with Crippen molar-refractivity contribution < 1.29 is 12.8 Å². The fourth-order valence-corrected chi connectivity index (χ4v) is 5.28. The van der Waals surface area contributed by atoms with Gasteiger partial charge in [-0.1, -0.05) is 24.6 Å². The van der Waals surface area contributed by atoms with Gasteiger partial charge in [0.2, 0.25) is 0 Å². The van der Waals surface area contributed by atoms with E-state index in [1.165, 1.54) is 16.8 Å². The average Bonchev–Trinajstić information content (AvgIpc) is 3.23. The standard InChI is InChI=1S/C22H27FN6O2S/c1-3-21(28-14-12-27(13-15-28)19-8-6-18(23)7-9-19)22-24-25-26-29(22)16-32(30,31)20-10-4-17(2)5-11-20/h4-11,21H,3,12-16H2,1-2H3/t21-/m1/s1. The van der Waals surface area contributed by atoms with E-state index in [-0.39, 0.29) is 22.6 Å². The Labute approximate surface area is 187 Å². The quantitative estimate of drug-likeness (QED) is 0.538. The molecule has 0 bridgehead atoms. The Kier molecular flexibility index (Phi) is 6.52. The normalized spacial score (nSPS) is 16.3. The van der Waals surface area contributed by atoms with Crippen LogP contribution in [0, 0.1) is 12.7 Å². The number of aromatic nitrogens is 4. The number of hydrogen-bond donors (Lipinski definition) is 0. The minimum absolute atomic E-state index is 0.0893. The van der Waals surface area contributed by atoms with Crippen molar-refractivity contribution in [3.63, 3.8) is 0 Å². The SMILES string of the molecule is CC[C@H](c1nnnn1CS(=O)(=O)c1ccc(C)cc1)N1CCN(c2ccc(F)cc2)CC1. The zero-order valence-electron chi connectivity index (χ0n) is 18.2. The van der Waals surface area contributed by atoms with Gasteiger partial charge in [-0.05, 0) is 60.2 Å². The van der Waals surface area contributed by atoms with Crippen LogP contribution in [-0.2, 0) is 15.7 Å². The Balaban J connectivity index is 1.47. The van der Waals surface area contributed by atoms with Crippen molar-refractivity contribution in [1.82, 2.24) is 25.1 Å². The van der Waals surface area contributed by atoms with Gasteiger partial charge in [0.25, 0.3) is 0 Å².